The Bertz CT molecular complexity index is 535. The Morgan fingerprint density at radius 2 is 1.88 bits per heavy atom. The van der Waals surface area contributed by atoms with Crippen molar-refractivity contribution in [3.63, 3.8) is 0 Å². The Morgan fingerprint density at radius 1 is 1.20 bits per heavy atom. The minimum Gasteiger partial charge on any atom is -0.497 e. The molecule has 2 heterocycles. The van der Waals surface area contributed by atoms with E-state index in [2.05, 4.69) is 10.2 Å². The first-order chi connectivity index (χ1) is 12.2. The van der Waals surface area contributed by atoms with Crippen LogP contribution in [0.3, 0.4) is 0 Å². The van der Waals surface area contributed by atoms with Gasteiger partial charge >= 0.3 is 0 Å². The monoisotopic (exact) mass is 348 g/mol. The summed E-state index contributed by atoms with van der Waals surface area (Å²) in [6, 6.07) is 7.95. The van der Waals surface area contributed by atoms with Gasteiger partial charge < -0.3 is 19.5 Å². The highest BCUT2D eigenvalue weighted by atomic mass is 16.7. The molecule has 6 heteroatoms. The van der Waals surface area contributed by atoms with E-state index in [0.717, 1.165) is 38.1 Å². The second-order valence-corrected chi connectivity index (χ2v) is 6.67. The summed E-state index contributed by atoms with van der Waals surface area (Å²) in [6.07, 6.45) is 2.86. The molecule has 2 aliphatic rings. The summed E-state index contributed by atoms with van der Waals surface area (Å²) in [5.74, 6) is 1.42. The molecule has 0 bridgehead atoms. The number of carbonyl (C=O) groups excluding carboxylic acids is 1. The molecule has 2 aliphatic heterocycles. The Labute approximate surface area is 149 Å². The van der Waals surface area contributed by atoms with Gasteiger partial charge in [0.05, 0.1) is 26.9 Å². The highest BCUT2D eigenvalue weighted by molar-refractivity contribution is 5.78. The molecule has 1 amide bonds. The molecular formula is C19H28N2O4. The van der Waals surface area contributed by atoms with E-state index < -0.39 is 0 Å². The van der Waals surface area contributed by atoms with Crippen molar-refractivity contribution < 1.29 is 19.0 Å². The average molecular weight is 348 g/mol. The molecule has 138 valence electrons. The summed E-state index contributed by atoms with van der Waals surface area (Å²) in [4.78, 5) is 14.3. The fourth-order valence-electron chi connectivity index (χ4n) is 3.43. The maximum Gasteiger partial charge on any atom is 0.234 e. The lowest BCUT2D eigenvalue weighted by atomic mass is 9.96. The van der Waals surface area contributed by atoms with Crippen LogP contribution < -0.4 is 10.1 Å². The molecule has 2 saturated heterocycles. The van der Waals surface area contributed by atoms with Gasteiger partial charge in [0, 0.05) is 12.5 Å². The van der Waals surface area contributed by atoms with Gasteiger partial charge in [0.1, 0.15) is 5.75 Å². The number of likely N-dealkylation sites (tertiary alicyclic amines) is 1. The molecule has 6 nitrogen and oxygen atoms in total. The van der Waals surface area contributed by atoms with Crippen molar-refractivity contribution in [1.29, 1.82) is 0 Å². The molecular weight excluding hydrogens is 320 g/mol. The molecule has 0 unspecified atom stereocenters. The molecule has 1 N–H and O–H groups in total. The van der Waals surface area contributed by atoms with Crippen molar-refractivity contribution >= 4 is 5.91 Å². The quantitative estimate of drug-likeness (QED) is 0.808. The minimum absolute atomic E-state index is 0.0273. The number of nitrogens with one attached hydrogen (secondary N) is 1. The third kappa shape index (κ3) is 5.42. The first-order valence-electron chi connectivity index (χ1n) is 9.10. The van der Waals surface area contributed by atoms with Crippen LogP contribution in [0.15, 0.2) is 24.3 Å². The average Bonchev–Trinajstić information content (AvgIpc) is 3.18. The first-order valence-corrected chi connectivity index (χ1v) is 9.10. The lowest BCUT2D eigenvalue weighted by Gasteiger charge is -2.33. The van der Waals surface area contributed by atoms with Crippen molar-refractivity contribution in [2.75, 3.05) is 46.5 Å². The van der Waals surface area contributed by atoms with E-state index in [1.165, 1.54) is 5.56 Å². The Hall–Kier alpha value is -1.63. The van der Waals surface area contributed by atoms with Crippen LogP contribution in [0.5, 0.6) is 5.75 Å². The Morgan fingerprint density at radius 3 is 2.52 bits per heavy atom. The summed E-state index contributed by atoms with van der Waals surface area (Å²) in [7, 11) is 1.66. The van der Waals surface area contributed by atoms with Crippen molar-refractivity contribution in [2.24, 2.45) is 5.92 Å². The molecule has 25 heavy (non-hydrogen) atoms. The molecule has 0 radical (unpaired) electrons. The highest BCUT2D eigenvalue weighted by Gasteiger charge is 2.30. The maximum atomic E-state index is 12.1. The SMILES string of the molecule is COc1ccc(CCNC(=O)CN2CCC(C3OCCO3)CC2)cc1. The normalized spacial score (nSPS) is 19.9. The molecule has 3 rings (SSSR count). The lowest BCUT2D eigenvalue weighted by molar-refractivity contribution is -0.123. The van der Waals surface area contributed by atoms with Crippen molar-refractivity contribution in [1.82, 2.24) is 10.2 Å². The van der Waals surface area contributed by atoms with Crippen LogP contribution in [0.25, 0.3) is 0 Å². The van der Waals surface area contributed by atoms with E-state index >= 15 is 0 Å². The number of piperidine rings is 1. The number of nitrogens with zero attached hydrogens (tertiary/aromatic N) is 1. The number of hydrogen-bond donors (Lipinski definition) is 1. The van der Waals surface area contributed by atoms with Crippen LogP contribution in [-0.2, 0) is 20.7 Å². The van der Waals surface area contributed by atoms with Gasteiger partial charge in [-0.25, -0.2) is 0 Å². The van der Waals surface area contributed by atoms with E-state index in [4.69, 9.17) is 14.2 Å². The van der Waals surface area contributed by atoms with Gasteiger partial charge in [0.25, 0.3) is 0 Å². The molecule has 1 aromatic carbocycles. The van der Waals surface area contributed by atoms with Crippen LogP contribution in [0.1, 0.15) is 18.4 Å². The maximum absolute atomic E-state index is 12.1. The van der Waals surface area contributed by atoms with Crippen LogP contribution in [0, 0.1) is 5.92 Å². The Balaban J connectivity index is 1.31. The molecule has 0 atom stereocenters. The smallest absolute Gasteiger partial charge is 0.234 e. The fraction of sp³-hybridized carbons (Fsp3) is 0.632. The molecule has 0 saturated carbocycles. The number of rotatable bonds is 7. The number of hydrogen-bond acceptors (Lipinski definition) is 5. The Kier molecular flexibility index (Phi) is 6.67. The molecule has 1 aromatic rings. The summed E-state index contributed by atoms with van der Waals surface area (Å²) < 4.78 is 16.3. The fourth-order valence-corrected chi connectivity index (χ4v) is 3.43. The zero-order valence-electron chi connectivity index (χ0n) is 14.9. The second kappa shape index (κ2) is 9.17. The van der Waals surface area contributed by atoms with E-state index in [1.54, 1.807) is 7.11 Å². The van der Waals surface area contributed by atoms with Crippen LogP contribution in [-0.4, -0.2) is 63.6 Å². The molecule has 2 fully saturated rings. The van der Waals surface area contributed by atoms with Gasteiger partial charge in [-0.15, -0.1) is 0 Å². The topological polar surface area (TPSA) is 60.0 Å². The van der Waals surface area contributed by atoms with Gasteiger partial charge in [0.15, 0.2) is 6.29 Å². The number of methoxy groups -OCH3 is 1. The molecule has 0 aromatic heterocycles. The molecule has 0 spiro atoms. The van der Waals surface area contributed by atoms with Crippen molar-refractivity contribution in [3.05, 3.63) is 29.8 Å². The predicted molar refractivity (Wildman–Crippen MR) is 94.6 cm³/mol. The van der Waals surface area contributed by atoms with Gasteiger partial charge in [0.2, 0.25) is 5.91 Å². The number of amides is 1. The summed E-state index contributed by atoms with van der Waals surface area (Å²) >= 11 is 0. The summed E-state index contributed by atoms with van der Waals surface area (Å²) in [5, 5.41) is 3.01. The van der Waals surface area contributed by atoms with Gasteiger partial charge in [-0.05, 0) is 50.0 Å². The zero-order chi connectivity index (χ0) is 17.5. The van der Waals surface area contributed by atoms with Gasteiger partial charge in [-0.3, -0.25) is 9.69 Å². The van der Waals surface area contributed by atoms with Crippen LogP contribution in [0.2, 0.25) is 0 Å². The first kappa shape index (κ1) is 18.2. The van der Waals surface area contributed by atoms with Crippen molar-refractivity contribution in [2.45, 2.75) is 25.6 Å². The molecule has 0 aliphatic carbocycles. The third-order valence-electron chi connectivity index (χ3n) is 4.93. The van der Waals surface area contributed by atoms with Crippen LogP contribution in [0.4, 0.5) is 0 Å². The lowest BCUT2D eigenvalue weighted by Crippen LogP contribution is -2.43. The number of ether oxygens (including phenoxy) is 3. The van der Waals surface area contributed by atoms with Gasteiger partial charge in [-0.1, -0.05) is 12.1 Å². The number of benzene rings is 1. The van der Waals surface area contributed by atoms with E-state index in [9.17, 15) is 4.79 Å². The number of carbonyl (C=O) groups is 1. The van der Waals surface area contributed by atoms with E-state index in [-0.39, 0.29) is 12.2 Å². The van der Waals surface area contributed by atoms with E-state index in [1.807, 2.05) is 24.3 Å². The van der Waals surface area contributed by atoms with E-state index in [0.29, 0.717) is 32.2 Å². The third-order valence-corrected chi connectivity index (χ3v) is 4.93. The van der Waals surface area contributed by atoms with Crippen LogP contribution >= 0.6 is 0 Å². The summed E-state index contributed by atoms with van der Waals surface area (Å²) in [6.45, 7) is 4.41. The highest BCUT2D eigenvalue weighted by Crippen LogP contribution is 2.25. The second-order valence-electron chi connectivity index (χ2n) is 6.67. The van der Waals surface area contributed by atoms with Crippen molar-refractivity contribution in [3.8, 4) is 5.75 Å². The predicted octanol–water partition coefficient (Wildman–Crippen LogP) is 1.44. The van der Waals surface area contributed by atoms with Gasteiger partial charge in [-0.2, -0.15) is 0 Å². The summed E-state index contributed by atoms with van der Waals surface area (Å²) in [5.41, 5.74) is 1.19. The largest absolute Gasteiger partial charge is 0.497 e. The minimum atomic E-state index is -0.0273. The standard InChI is InChI=1S/C19H28N2O4/c1-23-17-4-2-15(3-5-17)6-9-20-18(22)14-21-10-7-16(8-11-21)19-24-12-13-25-19/h2-5,16,19H,6-14H2,1H3,(H,20,22). The zero-order valence-corrected chi connectivity index (χ0v) is 14.9.